The zero-order chi connectivity index (χ0) is 11.3. The van der Waals surface area contributed by atoms with Gasteiger partial charge < -0.3 is 15.8 Å². The van der Waals surface area contributed by atoms with Crippen molar-refractivity contribution in [3.63, 3.8) is 0 Å². The summed E-state index contributed by atoms with van der Waals surface area (Å²) < 4.78 is 4.44. The molecule has 0 saturated heterocycles. The number of hydrogen-bond acceptors (Lipinski definition) is 4. The van der Waals surface area contributed by atoms with Gasteiger partial charge in [-0.25, -0.2) is 4.79 Å². The first-order valence-electron chi connectivity index (χ1n) is 4.07. The molecule has 0 aromatic carbocycles. The Kier molecular flexibility index (Phi) is 5.07. The van der Waals surface area contributed by atoms with Gasteiger partial charge in [-0.15, -0.1) is 0 Å². The fraction of sp³-hybridized carbons (Fsp3) is 0.625. The Morgan fingerprint density at radius 3 is 2.29 bits per heavy atom. The van der Waals surface area contributed by atoms with Crippen molar-refractivity contribution in [1.82, 2.24) is 5.32 Å². The van der Waals surface area contributed by atoms with E-state index in [2.05, 4.69) is 22.3 Å². The minimum atomic E-state index is -0.690. The van der Waals surface area contributed by atoms with Crippen LogP contribution in [-0.4, -0.2) is 30.0 Å². The lowest BCUT2D eigenvalue weighted by Gasteiger charge is -2.14. The predicted octanol–water partition coefficient (Wildman–Crippen LogP) is -0.414. The fourth-order valence-electron chi connectivity index (χ4n) is 0.703. The molecule has 0 aliphatic heterocycles. The lowest BCUT2D eigenvalue weighted by molar-refractivity contribution is -0.144. The highest BCUT2D eigenvalue weighted by atomic mass is 32.1. The topological polar surface area (TPSA) is 81.4 Å². The molecule has 6 heteroatoms. The Balaban J connectivity index is 4.19. The van der Waals surface area contributed by atoms with Gasteiger partial charge in [0.1, 0.15) is 6.04 Å². The first-order chi connectivity index (χ1) is 6.40. The van der Waals surface area contributed by atoms with Gasteiger partial charge in [0.2, 0.25) is 5.91 Å². The summed E-state index contributed by atoms with van der Waals surface area (Å²) in [7, 11) is 1.25. The summed E-state index contributed by atoms with van der Waals surface area (Å²) in [5, 5.41) is 2.43. The van der Waals surface area contributed by atoms with Crippen molar-refractivity contribution in [2.75, 3.05) is 7.11 Å². The highest BCUT2D eigenvalue weighted by molar-refractivity contribution is 7.80. The Bertz CT molecular complexity index is 255. The summed E-state index contributed by atoms with van der Waals surface area (Å²) >= 11 is 4.64. The molecule has 0 bridgehead atoms. The second-order valence-corrected chi connectivity index (χ2v) is 3.35. The minimum absolute atomic E-state index is 0.0968. The summed E-state index contributed by atoms with van der Waals surface area (Å²) in [4.78, 5) is 22.4. The van der Waals surface area contributed by atoms with Gasteiger partial charge in [0.15, 0.2) is 0 Å². The molecule has 3 N–H and O–H groups in total. The van der Waals surface area contributed by atoms with E-state index < -0.39 is 17.9 Å². The molecule has 0 radical (unpaired) electrons. The number of thiocarbonyl (C=S) groups is 1. The molecule has 0 aliphatic rings. The molecule has 0 fully saturated rings. The average Bonchev–Trinajstić information content (AvgIpc) is 2.14. The van der Waals surface area contributed by atoms with Crippen LogP contribution in [0.2, 0.25) is 0 Å². The predicted molar refractivity (Wildman–Crippen MR) is 55.6 cm³/mol. The van der Waals surface area contributed by atoms with E-state index in [1.165, 1.54) is 14.0 Å². The van der Waals surface area contributed by atoms with Gasteiger partial charge in [0.25, 0.3) is 0 Å². The van der Waals surface area contributed by atoms with E-state index in [4.69, 9.17) is 5.73 Å². The standard InChI is InChI=1S/C8H14N2O3S/c1-4(6(9)14)7(11)10-5(2)8(12)13-3/h4-5H,1-3H3,(H2,9,14)(H,10,11). The summed E-state index contributed by atoms with van der Waals surface area (Å²) in [5.41, 5.74) is 5.28. The number of nitrogens with two attached hydrogens (primary N) is 1. The molecule has 2 unspecified atom stereocenters. The van der Waals surface area contributed by atoms with Crippen LogP contribution in [0.25, 0.3) is 0 Å². The van der Waals surface area contributed by atoms with Gasteiger partial charge in [0, 0.05) is 0 Å². The third-order valence-corrected chi connectivity index (χ3v) is 2.09. The Labute approximate surface area is 88.0 Å². The summed E-state index contributed by atoms with van der Waals surface area (Å²) in [6.07, 6.45) is 0. The van der Waals surface area contributed by atoms with Crippen LogP contribution in [0.4, 0.5) is 0 Å². The number of carbonyl (C=O) groups is 2. The van der Waals surface area contributed by atoms with Crippen molar-refractivity contribution in [3.05, 3.63) is 0 Å². The van der Waals surface area contributed by atoms with Gasteiger partial charge in [-0.05, 0) is 13.8 Å². The van der Waals surface area contributed by atoms with E-state index in [1.54, 1.807) is 6.92 Å². The molecule has 5 nitrogen and oxygen atoms in total. The van der Waals surface area contributed by atoms with Crippen molar-refractivity contribution in [1.29, 1.82) is 0 Å². The summed E-state index contributed by atoms with van der Waals surface area (Å²) in [6.45, 7) is 3.09. The van der Waals surface area contributed by atoms with Crippen molar-refractivity contribution < 1.29 is 14.3 Å². The first kappa shape index (κ1) is 12.8. The molecule has 0 heterocycles. The molecule has 2 atom stereocenters. The molecule has 80 valence electrons. The van der Waals surface area contributed by atoms with E-state index in [0.717, 1.165) is 0 Å². The van der Waals surface area contributed by atoms with Crippen LogP contribution in [0.3, 0.4) is 0 Å². The normalized spacial score (nSPS) is 13.9. The van der Waals surface area contributed by atoms with Gasteiger partial charge in [0.05, 0.1) is 18.0 Å². The van der Waals surface area contributed by atoms with E-state index in [1.807, 2.05) is 0 Å². The van der Waals surface area contributed by atoms with Crippen LogP contribution < -0.4 is 11.1 Å². The van der Waals surface area contributed by atoms with Crippen LogP contribution in [-0.2, 0) is 14.3 Å². The number of nitrogens with one attached hydrogen (secondary N) is 1. The fourth-order valence-corrected chi connectivity index (χ4v) is 0.810. The van der Waals surface area contributed by atoms with E-state index in [-0.39, 0.29) is 10.9 Å². The summed E-state index contributed by atoms with van der Waals surface area (Å²) in [5.74, 6) is -1.47. The summed E-state index contributed by atoms with van der Waals surface area (Å²) in [6, 6.07) is -0.690. The molecule has 1 amide bonds. The molecule has 0 aromatic heterocycles. The number of methoxy groups -OCH3 is 1. The van der Waals surface area contributed by atoms with Crippen LogP contribution in [0.15, 0.2) is 0 Å². The van der Waals surface area contributed by atoms with Crippen LogP contribution in [0, 0.1) is 5.92 Å². The van der Waals surface area contributed by atoms with Crippen molar-refractivity contribution in [3.8, 4) is 0 Å². The zero-order valence-corrected chi connectivity index (χ0v) is 9.18. The maximum atomic E-state index is 11.3. The molecule has 0 saturated carbocycles. The van der Waals surface area contributed by atoms with Crippen molar-refractivity contribution in [2.45, 2.75) is 19.9 Å². The number of carbonyl (C=O) groups excluding carboxylic acids is 2. The molecule has 0 aliphatic carbocycles. The number of rotatable bonds is 4. The van der Waals surface area contributed by atoms with Crippen LogP contribution >= 0.6 is 12.2 Å². The second kappa shape index (κ2) is 5.54. The number of amides is 1. The lowest BCUT2D eigenvalue weighted by atomic mass is 10.1. The van der Waals surface area contributed by atoms with Gasteiger partial charge in [-0.3, -0.25) is 4.79 Å². The Hall–Kier alpha value is -1.17. The van der Waals surface area contributed by atoms with E-state index in [0.29, 0.717) is 0 Å². The van der Waals surface area contributed by atoms with Crippen LogP contribution in [0.5, 0.6) is 0 Å². The smallest absolute Gasteiger partial charge is 0.328 e. The minimum Gasteiger partial charge on any atom is -0.467 e. The van der Waals surface area contributed by atoms with E-state index in [9.17, 15) is 9.59 Å². The zero-order valence-electron chi connectivity index (χ0n) is 8.37. The number of ether oxygens (including phenoxy) is 1. The molecular weight excluding hydrogens is 204 g/mol. The molecule has 0 aromatic rings. The molecule has 0 spiro atoms. The quantitative estimate of drug-likeness (QED) is 0.495. The number of hydrogen-bond donors (Lipinski definition) is 2. The van der Waals surface area contributed by atoms with Gasteiger partial charge >= 0.3 is 5.97 Å². The highest BCUT2D eigenvalue weighted by Gasteiger charge is 2.21. The highest BCUT2D eigenvalue weighted by Crippen LogP contribution is 1.96. The molecule has 0 rings (SSSR count). The van der Waals surface area contributed by atoms with Gasteiger partial charge in [-0.2, -0.15) is 0 Å². The molecular formula is C8H14N2O3S. The van der Waals surface area contributed by atoms with Crippen molar-refractivity contribution >= 4 is 29.1 Å². The third-order valence-electron chi connectivity index (χ3n) is 1.73. The average molecular weight is 218 g/mol. The number of esters is 1. The SMILES string of the molecule is COC(=O)C(C)NC(=O)C(C)C(N)=S. The van der Waals surface area contributed by atoms with E-state index >= 15 is 0 Å². The van der Waals surface area contributed by atoms with Gasteiger partial charge in [-0.1, -0.05) is 12.2 Å². The lowest BCUT2D eigenvalue weighted by Crippen LogP contribution is -2.44. The van der Waals surface area contributed by atoms with Crippen molar-refractivity contribution in [2.24, 2.45) is 11.7 Å². The first-order valence-corrected chi connectivity index (χ1v) is 4.48. The second-order valence-electron chi connectivity index (χ2n) is 2.88. The molecule has 14 heavy (non-hydrogen) atoms. The maximum Gasteiger partial charge on any atom is 0.328 e. The van der Waals surface area contributed by atoms with Crippen LogP contribution in [0.1, 0.15) is 13.8 Å². The monoisotopic (exact) mass is 218 g/mol. The largest absolute Gasteiger partial charge is 0.467 e. The Morgan fingerprint density at radius 2 is 1.93 bits per heavy atom. The Morgan fingerprint density at radius 1 is 1.43 bits per heavy atom. The maximum absolute atomic E-state index is 11.3. The third kappa shape index (κ3) is 3.69.